The molecule has 0 spiro atoms. The lowest BCUT2D eigenvalue weighted by molar-refractivity contribution is -0.182. The Kier molecular flexibility index (Phi) is 5.89. The van der Waals surface area contributed by atoms with E-state index < -0.39 is 22.2 Å². The van der Waals surface area contributed by atoms with E-state index in [1.807, 2.05) is 30.5 Å². The van der Waals surface area contributed by atoms with Crippen LogP contribution in [0.1, 0.15) is 64.9 Å². The Balaban J connectivity index is 1.25. The number of hydrogen-bond acceptors (Lipinski definition) is 4. The number of carbonyl (C=O) groups excluding carboxylic acids is 2. The van der Waals surface area contributed by atoms with Gasteiger partial charge in [0, 0.05) is 28.9 Å². The summed E-state index contributed by atoms with van der Waals surface area (Å²) in [6.45, 7) is 6.56. The van der Waals surface area contributed by atoms with Crippen LogP contribution in [0, 0.1) is 45.8 Å². The number of allylic oxidation sites excluding steroid dienone is 1. The Bertz CT molecular complexity index is 1320. The van der Waals surface area contributed by atoms with Gasteiger partial charge >= 0.3 is 11.9 Å². The van der Waals surface area contributed by atoms with Gasteiger partial charge in [0.2, 0.25) is 0 Å². The van der Waals surface area contributed by atoms with E-state index in [1.165, 1.54) is 0 Å². The summed E-state index contributed by atoms with van der Waals surface area (Å²) in [5.74, 6) is -0.103. The van der Waals surface area contributed by atoms with Crippen LogP contribution in [0.2, 0.25) is 0 Å². The largest absolute Gasteiger partial charge is 0.481 e. The van der Waals surface area contributed by atoms with E-state index in [9.17, 15) is 19.5 Å². The van der Waals surface area contributed by atoms with Crippen LogP contribution in [-0.2, 0) is 25.5 Å². The number of aliphatic carboxylic acids is 1. The summed E-state index contributed by atoms with van der Waals surface area (Å²) in [6, 6.07) is 8.04. The highest BCUT2D eigenvalue weighted by Crippen LogP contribution is 2.83. The molecule has 0 saturated heterocycles. The number of carboxylic acids is 1. The van der Waals surface area contributed by atoms with E-state index in [2.05, 4.69) is 31.8 Å². The lowest BCUT2D eigenvalue weighted by atomic mass is 9.42. The van der Waals surface area contributed by atoms with Gasteiger partial charge in [-0.3, -0.25) is 9.59 Å². The molecule has 6 heteroatoms. The van der Waals surface area contributed by atoms with Gasteiger partial charge in [0.1, 0.15) is 11.7 Å². The second kappa shape index (κ2) is 8.82. The van der Waals surface area contributed by atoms with Crippen LogP contribution in [0.3, 0.4) is 0 Å². The molecule has 4 aliphatic rings. The van der Waals surface area contributed by atoms with Gasteiger partial charge in [0.15, 0.2) is 0 Å². The molecule has 6 nitrogen and oxygen atoms in total. The molecule has 1 aromatic carbocycles. The highest BCUT2D eigenvalue weighted by atomic mass is 16.5. The third-order valence-corrected chi connectivity index (χ3v) is 11.2. The van der Waals surface area contributed by atoms with Crippen molar-refractivity contribution in [1.82, 2.24) is 4.98 Å². The fraction of sp³-hybridized carbons (Fsp3) is 0.594. The lowest BCUT2D eigenvalue weighted by Crippen LogP contribution is -2.62. The molecular formula is C32H39NO5. The average molecular weight is 518 g/mol. The van der Waals surface area contributed by atoms with Crippen LogP contribution >= 0.6 is 0 Å². The number of para-hydroxylation sites is 1. The molecule has 3 fully saturated rings. The molecule has 38 heavy (non-hydrogen) atoms. The number of esters is 1. The fourth-order valence-corrected chi connectivity index (χ4v) is 9.83. The number of fused-ring (bicyclic) bond motifs is 3. The van der Waals surface area contributed by atoms with Gasteiger partial charge < -0.3 is 19.6 Å². The quantitative estimate of drug-likeness (QED) is 0.243. The zero-order valence-electron chi connectivity index (χ0n) is 22.7. The van der Waals surface area contributed by atoms with Gasteiger partial charge in [-0.15, -0.1) is 0 Å². The first-order valence-electron chi connectivity index (χ1n) is 14.3. The molecule has 0 aliphatic heterocycles. The maximum Gasteiger partial charge on any atom is 0.315 e. The van der Waals surface area contributed by atoms with Crippen LogP contribution in [0.4, 0.5) is 0 Å². The van der Waals surface area contributed by atoms with Crippen LogP contribution in [-0.4, -0.2) is 34.9 Å². The van der Waals surface area contributed by atoms with Crippen molar-refractivity contribution in [2.45, 2.75) is 65.7 Å². The van der Waals surface area contributed by atoms with E-state index >= 15 is 0 Å². The number of aryl methyl sites for hydroxylation is 1. The fourth-order valence-electron chi connectivity index (χ4n) is 9.83. The summed E-state index contributed by atoms with van der Waals surface area (Å²) < 4.78 is 5.80. The van der Waals surface area contributed by atoms with Gasteiger partial charge in [-0.2, -0.15) is 0 Å². The number of hydrogen-bond donors (Lipinski definition) is 2. The number of carboxylic acid groups (broad SMARTS) is 1. The minimum Gasteiger partial charge on any atom is -0.481 e. The molecule has 0 amide bonds. The van der Waals surface area contributed by atoms with Crippen molar-refractivity contribution in [3.8, 4) is 0 Å². The van der Waals surface area contributed by atoms with E-state index in [0.717, 1.165) is 47.6 Å². The Morgan fingerprint density at radius 2 is 2.00 bits per heavy atom. The molecule has 1 heterocycles. The molecule has 6 rings (SSSR count). The van der Waals surface area contributed by atoms with Crippen molar-refractivity contribution in [2.75, 3.05) is 6.61 Å². The van der Waals surface area contributed by atoms with Crippen LogP contribution in [0.5, 0.6) is 0 Å². The lowest BCUT2D eigenvalue weighted by Gasteiger charge is -2.58. The second-order valence-electron chi connectivity index (χ2n) is 12.8. The Morgan fingerprint density at radius 3 is 2.74 bits per heavy atom. The summed E-state index contributed by atoms with van der Waals surface area (Å²) in [7, 11) is 0. The van der Waals surface area contributed by atoms with Gasteiger partial charge in [-0.1, -0.05) is 57.0 Å². The highest BCUT2D eigenvalue weighted by molar-refractivity contribution is 5.90. The van der Waals surface area contributed by atoms with Gasteiger partial charge in [0.25, 0.3) is 0 Å². The summed E-state index contributed by atoms with van der Waals surface area (Å²) in [4.78, 5) is 42.6. The predicted molar refractivity (Wildman–Crippen MR) is 144 cm³/mol. The Labute approximate surface area is 224 Å². The van der Waals surface area contributed by atoms with Crippen molar-refractivity contribution >= 4 is 29.1 Å². The average Bonchev–Trinajstić information content (AvgIpc) is 3.60. The van der Waals surface area contributed by atoms with E-state index in [4.69, 9.17) is 4.74 Å². The summed E-state index contributed by atoms with van der Waals surface area (Å²) >= 11 is 0. The first-order chi connectivity index (χ1) is 18.2. The standard InChI is InChI=1S/C32H39NO5/c1-19(2)26-14-22-15-31(18-34)25-10-8-20(3)24(25)16-30(22,32(26,31)29(36)37)12-13-38-28(35)11-9-21-17-33-27-7-5-4-6-23(21)27/h4-7,14,17-20,22,24-25,33H,8-13,15-16H2,1-3H3,(H,36,37)/t20-,22?,24?,25?,30?,31?,32?/m1/s1. The third kappa shape index (κ3) is 3.09. The smallest absolute Gasteiger partial charge is 0.315 e. The Morgan fingerprint density at radius 1 is 1.21 bits per heavy atom. The predicted octanol–water partition coefficient (Wildman–Crippen LogP) is 5.96. The zero-order chi connectivity index (χ0) is 26.9. The van der Waals surface area contributed by atoms with Crippen molar-refractivity contribution in [2.24, 2.45) is 45.8 Å². The minimum absolute atomic E-state index is 0.0314. The van der Waals surface area contributed by atoms with Crippen molar-refractivity contribution in [3.05, 3.63) is 47.7 Å². The molecule has 0 radical (unpaired) electrons. The zero-order valence-corrected chi connectivity index (χ0v) is 22.7. The third-order valence-electron chi connectivity index (χ3n) is 11.2. The number of H-pyrrole nitrogens is 1. The number of aldehydes is 1. The highest BCUT2D eigenvalue weighted by Gasteiger charge is 2.83. The van der Waals surface area contributed by atoms with Crippen LogP contribution < -0.4 is 0 Å². The molecule has 3 saturated carbocycles. The van der Waals surface area contributed by atoms with Crippen molar-refractivity contribution < 1.29 is 24.2 Å². The minimum atomic E-state index is -1.21. The molecular weight excluding hydrogens is 478 g/mol. The van der Waals surface area contributed by atoms with Crippen LogP contribution in [0.15, 0.2) is 42.1 Å². The number of nitrogens with one attached hydrogen (secondary N) is 1. The molecule has 1 aromatic heterocycles. The molecule has 4 aliphatic carbocycles. The maximum atomic E-state index is 13.5. The normalized spacial score (nSPS) is 36.9. The molecule has 7 atom stereocenters. The number of aromatic nitrogens is 1. The molecule has 6 unspecified atom stereocenters. The first-order valence-corrected chi connectivity index (χ1v) is 14.3. The van der Waals surface area contributed by atoms with Gasteiger partial charge in [-0.25, -0.2) is 0 Å². The monoisotopic (exact) mass is 517 g/mol. The number of carbonyl (C=O) groups is 3. The summed E-state index contributed by atoms with van der Waals surface area (Å²) in [5, 5.41) is 12.2. The van der Waals surface area contributed by atoms with Crippen LogP contribution in [0.25, 0.3) is 10.9 Å². The van der Waals surface area contributed by atoms with Crippen molar-refractivity contribution in [1.29, 1.82) is 0 Å². The Hall–Kier alpha value is -2.89. The summed E-state index contributed by atoms with van der Waals surface area (Å²) in [5.41, 5.74) is 0.403. The summed E-state index contributed by atoms with van der Waals surface area (Å²) in [6.07, 6.45) is 9.93. The number of rotatable bonds is 9. The number of aromatic amines is 1. The number of ether oxygens (including phenoxy) is 1. The first kappa shape index (κ1) is 25.4. The van der Waals surface area contributed by atoms with Crippen molar-refractivity contribution in [3.63, 3.8) is 0 Å². The van der Waals surface area contributed by atoms with E-state index in [0.29, 0.717) is 31.1 Å². The van der Waals surface area contributed by atoms with E-state index in [-0.39, 0.29) is 36.8 Å². The molecule has 2 N–H and O–H groups in total. The molecule has 202 valence electrons. The van der Waals surface area contributed by atoms with Gasteiger partial charge in [0.05, 0.1) is 12.0 Å². The molecule has 2 aromatic rings. The topological polar surface area (TPSA) is 96.5 Å². The second-order valence-corrected chi connectivity index (χ2v) is 12.8. The van der Waals surface area contributed by atoms with E-state index in [1.54, 1.807) is 0 Å². The molecule has 4 bridgehead atoms. The number of benzene rings is 1. The SMILES string of the molecule is CC(C)C1=CC2CC3(C=O)C4CC[C@@H](C)C4CC2(CCOC(=O)CCc2c[nH]c4ccccc24)C13C(=O)O. The maximum absolute atomic E-state index is 13.5. The van der Waals surface area contributed by atoms with Gasteiger partial charge in [-0.05, 0) is 73.3 Å².